The third-order valence-electron chi connectivity index (χ3n) is 5.35. The Hall–Kier alpha value is -2.18. The third kappa shape index (κ3) is 4.22. The van der Waals surface area contributed by atoms with Crippen LogP contribution in [0, 0.1) is 5.41 Å². The molecule has 0 radical (unpaired) electrons. The van der Waals surface area contributed by atoms with E-state index in [9.17, 15) is 9.59 Å². The van der Waals surface area contributed by atoms with E-state index in [-0.39, 0.29) is 23.3 Å². The Kier molecular flexibility index (Phi) is 5.67. The fourth-order valence-electron chi connectivity index (χ4n) is 3.36. The predicted molar refractivity (Wildman–Crippen MR) is 110 cm³/mol. The summed E-state index contributed by atoms with van der Waals surface area (Å²) in [7, 11) is 0. The van der Waals surface area contributed by atoms with Gasteiger partial charge in [-0.05, 0) is 47.4 Å². The number of anilines is 1. The molecule has 5 nitrogen and oxygen atoms in total. The molecule has 6 heteroatoms. The Bertz CT molecular complexity index is 826. The van der Waals surface area contributed by atoms with E-state index in [1.165, 1.54) is 16.9 Å². The van der Waals surface area contributed by atoms with Crippen molar-refractivity contribution in [3.8, 4) is 0 Å². The highest BCUT2D eigenvalue weighted by Gasteiger charge is 2.36. The third-order valence-corrected chi connectivity index (χ3v) is 6.18. The summed E-state index contributed by atoms with van der Waals surface area (Å²) in [5.74, 6) is -0.247. The topological polar surface area (TPSA) is 75.4 Å². The van der Waals surface area contributed by atoms with Crippen LogP contribution >= 0.6 is 11.3 Å². The molecule has 144 valence electrons. The molecule has 1 aliphatic rings. The van der Waals surface area contributed by atoms with Crippen molar-refractivity contribution in [2.45, 2.75) is 39.7 Å². The number of carbonyl (C=O) groups excluding carboxylic acids is 2. The van der Waals surface area contributed by atoms with Crippen LogP contribution in [0.15, 0.2) is 35.7 Å². The SMILES string of the molecule is CCc1ccc(C(=O)Nc2sccc2C(=O)N2CCC(N)C(C)(C)C2)cc1. The van der Waals surface area contributed by atoms with Crippen molar-refractivity contribution in [1.29, 1.82) is 0 Å². The van der Waals surface area contributed by atoms with Crippen LogP contribution in [0.25, 0.3) is 0 Å². The minimum atomic E-state index is -0.199. The fraction of sp³-hybridized carbons (Fsp3) is 0.429. The van der Waals surface area contributed by atoms with Gasteiger partial charge in [-0.3, -0.25) is 9.59 Å². The molecule has 1 aromatic heterocycles. The van der Waals surface area contributed by atoms with Gasteiger partial charge in [0.05, 0.1) is 5.56 Å². The van der Waals surface area contributed by atoms with Crippen molar-refractivity contribution in [2.24, 2.45) is 11.1 Å². The zero-order valence-electron chi connectivity index (χ0n) is 16.1. The highest BCUT2D eigenvalue weighted by atomic mass is 32.1. The Balaban J connectivity index is 1.73. The Labute approximate surface area is 164 Å². The van der Waals surface area contributed by atoms with Gasteiger partial charge in [-0.15, -0.1) is 11.3 Å². The quantitative estimate of drug-likeness (QED) is 0.841. The van der Waals surface area contributed by atoms with Crippen LogP contribution in [0.3, 0.4) is 0 Å². The van der Waals surface area contributed by atoms with Gasteiger partial charge in [-0.25, -0.2) is 0 Å². The lowest BCUT2D eigenvalue weighted by atomic mass is 9.79. The van der Waals surface area contributed by atoms with Crippen molar-refractivity contribution in [3.63, 3.8) is 0 Å². The summed E-state index contributed by atoms with van der Waals surface area (Å²) in [4.78, 5) is 27.4. The van der Waals surface area contributed by atoms with Crippen molar-refractivity contribution in [3.05, 3.63) is 52.4 Å². The predicted octanol–water partition coefficient (Wildman–Crippen LogP) is 3.76. The van der Waals surface area contributed by atoms with Gasteiger partial charge in [0.1, 0.15) is 5.00 Å². The smallest absolute Gasteiger partial charge is 0.256 e. The number of hydrogen-bond donors (Lipinski definition) is 2. The van der Waals surface area contributed by atoms with E-state index in [1.807, 2.05) is 34.5 Å². The van der Waals surface area contributed by atoms with E-state index in [4.69, 9.17) is 5.73 Å². The Morgan fingerprint density at radius 1 is 1.26 bits per heavy atom. The van der Waals surface area contributed by atoms with Crippen LogP contribution in [0.2, 0.25) is 0 Å². The molecule has 1 aromatic carbocycles. The van der Waals surface area contributed by atoms with Crippen molar-refractivity contribution in [2.75, 3.05) is 18.4 Å². The van der Waals surface area contributed by atoms with E-state index in [0.717, 1.165) is 12.8 Å². The second-order valence-corrected chi connectivity index (χ2v) is 8.69. The first kappa shape index (κ1) is 19.6. The first-order valence-corrected chi connectivity index (χ1v) is 10.2. The molecular formula is C21H27N3O2S. The summed E-state index contributed by atoms with van der Waals surface area (Å²) < 4.78 is 0. The number of likely N-dealkylation sites (tertiary alicyclic amines) is 1. The maximum absolute atomic E-state index is 13.0. The fourth-order valence-corrected chi connectivity index (χ4v) is 4.13. The highest BCUT2D eigenvalue weighted by Crippen LogP contribution is 2.31. The number of rotatable bonds is 4. The monoisotopic (exact) mass is 385 g/mol. The van der Waals surface area contributed by atoms with Gasteiger partial charge in [0.25, 0.3) is 11.8 Å². The summed E-state index contributed by atoms with van der Waals surface area (Å²) in [6.45, 7) is 7.52. The molecule has 0 bridgehead atoms. The molecule has 3 rings (SSSR count). The maximum atomic E-state index is 13.0. The number of nitrogens with zero attached hydrogens (tertiary/aromatic N) is 1. The molecule has 0 spiro atoms. The molecule has 1 saturated heterocycles. The first-order chi connectivity index (χ1) is 12.8. The zero-order chi connectivity index (χ0) is 19.6. The number of thiophene rings is 1. The normalized spacial score (nSPS) is 19.0. The highest BCUT2D eigenvalue weighted by molar-refractivity contribution is 7.14. The summed E-state index contributed by atoms with van der Waals surface area (Å²) in [5.41, 5.74) is 8.38. The van der Waals surface area contributed by atoms with Gasteiger partial charge < -0.3 is 16.0 Å². The summed E-state index contributed by atoms with van der Waals surface area (Å²) in [6.07, 6.45) is 1.72. The molecular weight excluding hydrogens is 358 g/mol. The van der Waals surface area contributed by atoms with Crippen LogP contribution in [0.5, 0.6) is 0 Å². The summed E-state index contributed by atoms with van der Waals surface area (Å²) in [5, 5.41) is 5.33. The minimum Gasteiger partial charge on any atom is -0.338 e. The number of nitrogens with one attached hydrogen (secondary N) is 1. The lowest BCUT2D eigenvalue weighted by Crippen LogP contribution is -2.54. The molecule has 2 amide bonds. The first-order valence-electron chi connectivity index (χ1n) is 9.34. The van der Waals surface area contributed by atoms with Gasteiger partial charge in [0, 0.05) is 24.7 Å². The summed E-state index contributed by atoms with van der Waals surface area (Å²) >= 11 is 1.37. The van der Waals surface area contributed by atoms with Gasteiger partial charge >= 0.3 is 0 Å². The van der Waals surface area contributed by atoms with E-state index in [1.54, 1.807) is 6.07 Å². The average molecular weight is 386 g/mol. The van der Waals surface area contributed by atoms with E-state index in [2.05, 4.69) is 26.1 Å². The second-order valence-electron chi connectivity index (χ2n) is 7.78. The molecule has 1 aliphatic heterocycles. The number of carbonyl (C=O) groups is 2. The standard InChI is InChI=1S/C21H27N3O2S/c1-4-14-5-7-15(8-6-14)18(25)23-19-16(10-12-27-19)20(26)24-11-9-17(22)21(2,3)13-24/h5-8,10,12,17H,4,9,11,13,22H2,1-3H3,(H,23,25). The molecule has 1 fully saturated rings. The minimum absolute atomic E-state index is 0.0483. The molecule has 0 saturated carbocycles. The molecule has 2 heterocycles. The van der Waals surface area contributed by atoms with Crippen LogP contribution in [-0.2, 0) is 6.42 Å². The van der Waals surface area contributed by atoms with Gasteiger partial charge in [-0.1, -0.05) is 32.9 Å². The number of piperidine rings is 1. The number of nitrogens with two attached hydrogens (primary N) is 1. The lowest BCUT2D eigenvalue weighted by Gasteiger charge is -2.42. The molecule has 1 unspecified atom stereocenters. The van der Waals surface area contributed by atoms with Gasteiger partial charge in [0.2, 0.25) is 0 Å². The summed E-state index contributed by atoms with van der Waals surface area (Å²) in [6, 6.07) is 9.41. The Morgan fingerprint density at radius 2 is 1.96 bits per heavy atom. The van der Waals surface area contributed by atoms with E-state index in [0.29, 0.717) is 29.2 Å². The number of hydrogen-bond acceptors (Lipinski definition) is 4. The van der Waals surface area contributed by atoms with Gasteiger partial charge in [0.15, 0.2) is 0 Å². The molecule has 0 aliphatic carbocycles. The number of amides is 2. The van der Waals surface area contributed by atoms with Crippen LogP contribution in [0.4, 0.5) is 5.00 Å². The maximum Gasteiger partial charge on any atom is 0.256 e. The Morgan fingerprint density at radius 3 is 2.59 bits per heavy atom. The van der Waals surface area contributed by atoms with Crippen molar-refractivity contribution >= 4 is 28.2 Å². The zero-order valence-corrected chi connectivity index (χ0v) is 16.9. The van der Waals surface area contributed by atoms with Gasteiger partial charge in [-0.2, -0.15) is 0 Å². The molecule has 3 N–H and O–H groups in total. The molecule has 27 heavy (non-hydrogen) atoms. The average Bonchev–Trinajstić information content (AvgIpc) is 3.11. The van der Waals surface area contributed by atoms with Crippen LogP contribution < -0.4 is 11.1 Å². The number of aryl methyl sites for hydroxylation is 1. The van der Waals surface area contributed by atoms with Crippen molar-refractivity contribution in [1.82, 2.24) is 4.90 Å². The van der Waals surface area contributed by atoms with Crippen molar-refractivity contribution < 1.29 is 9.59 Å². The number of benzene rings is 1. The second kappa shape index (κ2) is 7.82. The van der Waals surface area contributed by atoms with Crippen LogP contribution in [-0.4, -0.2) is 35.8 Å². The largest absolute Gasteiger partial charge is 0.338 e. The molecule has 2 aromatic rings. The molecule has 1 atom stereocenters. The van der Waals surface area contributed by atoms with E-state index >= 15 is 0 Å². The van der Waals surface area contributed by atoms with E-state index < -0.39 is 0 Å². The lowest BCUT2D eigenvalue weighted by molar-refractivity contribution is 0.0534. The van der Waals surface area contributed by atoms with Crippen LogP contribution in [0.1, 0.15) is 53.5 Å².